The van der Waals surface area contributed by atoms with E-state index in [1.807, 2.05) is 4.90 Å². The third kappa shape index (κ3) is 4.12. The maximum Gasteiger partial charge on any atom is 0.261 e. The number of piperidine rings is 1. The number of nitrogens with two attached hydrogens (primary N) is 1. The van der Waals surface area contributed by atoms with E-state index < -0.39 is 5.82 Å². The van der Waals surface area contributed by atoms with Crippen molar-refractivity contribution in [2.75, 3.05) is 32.5 Å². The molecule has 0 atom stereocenters. The predicted octanol–water partition coefficient (Wildman–Crippen LogP) is 3.76. The van der Waals surface area contributed by atoms with Crippen molar-refractivity contribution in [2.45, 2.75) is 12.8 Å². The highest BCUT2D eigenvalue weighted by Gasteiger charge is 2.49. The summed E-state index contributed by atoms with van der Waals surface area (Å²) in [7, 11) is 1.00. The van der Waals surface area contributed by atoms with Gasteiger partial charge in [-0.15, -0.1) is 0 Å². The minimum atomic E-state index is -0.498. The number of hydrogen-bond acceptors (Lipinski definition) is 4. The van der Waals surface area contributed by atoms with Crippen molar-refractivity contribution in [1.29, 1.82) is 0 Å². The van der Waals surface area contributed by atoms with Crippen molar-refractivity contribution < 1.29 is 14.3 Å². The van der Waals surface area contributed by atoms with Crippen molar-refractivity contribution in [3.05, 3.63) is 29.6 Å². The Hall–Kier alpha value is 0.570. The molecule has 3 aliphatic rings. The number of anilines is 1. The van der Waals surface area contributed by atoms with Gasteiger partial charge in [-0.2, -0.15) is 0 Å². The van der Waals surface area contributed by atoms with Crippen LogP contribution in [0.1, 0.15) is 23.2 Å². The fraction of sp³-hybridized carbons (Fsp3) is 0.438. The second-order valence-corrected chi connectivity index (χ2v) is 30.0. The predicted molar refractivity (Wildman–Crippen MR) is 134 cm³/mol. The van der Waals surface area contributed by atoms with Crippen molar-refractivity contribution in [1.82, 2.24) is 10.2 Å². The van der Waals surface area contributed by atoms with E-state index in [9.17, 15) is 9.18 Å². The highest BCUT2D eigenvalue weighted by molar-refractivity contribution is 15.1. The fourth-order valence-electron chi connectivity index (χ4n) is 3.35. The number of hydrogen-bond donors (Lipinski definition) is 3. The standard InChI is InChI=1S/C15H16FI3N3OP.CH4O/c16-11-7-9(20)1-2-10(11)14(23)22-8-15(3-5-21-6-4-15)12-13(22)18-24-19-17-12;1-2/h1-2,7,21H,3-6,8,20H2;2H,1H3. The molecular formula is C16H20FI3N3O2P. The van der Waals surface area contributed by atoms with Gasteiger partial charge >= 0.3 is 0 Å². The van der Waals surface area contributed by atoms with Crippen LogP contribution in [0.5, 0.6) is 0 Å². The van der Waals surface area contributed by atoms with E-state index in [0.29, 0.717) is 21.9 Å². The average molecular weight is 717 g/mol. The first-order valence-corrected chi connectivity index (χ1v) is 22.9. The van der Waals surface area contributed by atoms with Gasteiger partial charge in [-0.05, 0) is 97.2 Å². The van der Waals surface area contributed by atoms with E-state index in [-0.39, 0.29) is 53.8 Å². The molecule has 0 unspecified atom stereocenters. The largest absolute Gasteiger partial charge is 0.400 e. The number of nitrogens with zero attached hydrogens (tertiary/aromatic N) is 1. The Morgan fingerprint density at radius 2 is 2.12 bits per heavy atom. The number of benzene rings is 1. The average Bonchev–Trinajstić information content (AvgIpc) is 2.98. The maximum absolute atomic E-state index is 14.3. The van der Waals surface area contributed by atoms with Gasteiger partial charge in [0.25, 0.3) is 5.91 Å². The number of nitrogen functional groups attached to an aromatic ring is 1. The summed E-state index contributed by atoms with van der Waals surface area (Å²) < 4.78 is 18.9. The van der Waals surface area contributed by atoms with Crippen LogP contribution in [0.4, 0.5) is 10.1 Å². The quantitative estimate of drug-likeness (QED) is 0.235. The molecule has 26 heavy (non-hydrogen) atoms. The molecule has 1 aromatic rings. The minimum absolute atomic E-state index is 0.0982. The van der Waals surface area contributed by atoms with E-state index in [4.69, 9.17) is 10.8 Å². The van der Waals surface area contributed by atoms with Crippen molar-refractivity contribution in [2.24, 2.45) is 5.41 Å². The zero-order valence-corrected chi connectivity index (χ0v) is 21.5. The third-order valence-electron chi connectivity index (χ3n) is 4.61. The van der Waals surface area contributed by atoms with Crippen LogP contribution in [-0.2, 0) is 0 Å². The molecule has 0 bridgehead atoms. The lowest BCUT2D eigenvalue weighted by atomic mass is 9.78. The SMILES string of the molecule is CO.Nc1ccc(C(=O)N2CC3(CCNCC3)C3=II=PI=C32)c(F)c1. The van der Waals surface area contributed by atoms with Gasteiger partial charge in [0.2, 0.25) is 0 Å². The molecule has 1 amide bonds. The maximum atomic E-state index is 14.3. The van der Waals surface area contributed by atoms with Gasteiger partial charge in [0, 0.05) is 31.7 Å². The molecule has 1 aromatic carbocycles. The van der Waals surface area contributed by atoms with Crippen LogP contribution in [-0.4, -0.2) is 49.8 Å². The smallest absolute Gasteiger partial charge is 0.261 e. The van der Waals surface area contributed by atoms with Crippen molar-refractivity contribution >= 4 is 75.2 Å². The fourth-order valence-corrected chi connectivity index (χ4v) is 47.0. The number of rotatable bonds is 1. The zero-order chi connectivity index (χ0) is 18.7. The lowest BCUT2D eigenvalue weighted by Crippen LogP contribution is -2.42. The van der Waals surface area contributed by atoms with Crippen molar-refractivity contribution in [3.8, 4) is 0 Å². The lowest BCUT2D eigenvalue weighted by Gasteiger charge is -2.33. The van der Waals surface area contributed by atoms with E-state index in [2.05, 4.69) is 5.32 Å². The van der Waals surface area contributed by atoms with Gasteiger partial charge in [0.15, 0.2) is 0 Å². The molecule has 4 N–H and O–H groups in total. The number of nitrogens with one attached hydrogen (secondary N) is 1. The molecule has 0 aliphatic carbocycles. The van der Waals surface area contributed by atoms with Gasteiger partial charge in [0.1, 0.15) is 5.82 Å². The topological polar surface area (TPSA) is 78.6 Å². The summed E-state index contributed by atoms with van der Waals surface area (Å²) in [5.74, 6) is -0.656. The Labute approximate surface area is 178 Å². The van der Waals surface area contributed by atoms with Gasteiger partial charge in [0.05, 0.1) is 9.20 Å². The van der Waals surface area contributed by atoms with Gasteiger partial charge in [-0.3, -0.25) is 4.79 Å². The number of fused-ring (bicyclic) bond motifs is 2. The van der Waals surface area contributed by atoms with E-state index >= 15 is 0 Å². The monoisotopic (exact) mass is 717 g/mol. The second kappa shape index (κ2) is 9.38. The van der Waals surface area contributed by atoms with Crippen LogP contribution in [0.2, 0.25) is 0 Å². The number of likely N-dealkylation sites (tertiary alicyclic amines) is 1. The molecule has 0 aromatic heterocycles. The lowest BCUT2D eigenvalue weighted by molar-refractivity contribution is 0.0823. The number of carbonyl (C=O) groups excluding carboxylic acids is 1. The van der Waals surface area contributed by atoms with E-state index in [1.165, 1.54) is 9.70 Å². The Kier molecular flexibility index (Phi) is 7.68. The summed E-state index contributed by atoms with van der Waals surface area (Å²) in [6.07, 6.45) is 2.26. The zero-order valence-electron chi connectivity index (χ0n) is 14.1. The van der Waals surface area contributed by atoms with Crippen LogP contribution in [0, 0.1) is 11.2 Å². The summed E-state index contributed by atoms with van der Waals surface area (Å²) in [5.41, 5.74) is 6.37. The summed E-state index contributed by atoms with van der Waals surface area (Å²) in [4.78, 5) is 15.0. The Bertz CT molecular complexity index is 810. The van der Waals surface area contributed by atoms with Gasteiger partial charge < -0.3 is 21.1 Å². The minimum Gasteiger partial charge on any atom is -0.400 e. The van der Waals surface area contributed by atoms with Crippen LogP contribution in [0.15, 0.2) is 18.2 Å². The molecular weight excluding hydrogens is 697 g/mol. The molecule has 2 saturated heterocycles. The molecule has 4 rings (SSSR count). The van der Waals surface area contributed by atoms with Crippen LogP contribution in [0.3, 0.4) is 0 Å². The number of amides is 1. The second-order valence-electron chi connectivity index (χ2n) is 6.05. The number of aliphatic hydroxyl groups is 1. The first-order chi connectivity index (χ1) is 12.6. The number of halogens is 4. The Morgan fingerprint density at radius 3 is 2.81 bits per heavy atom. The highest BCUT2D eigenvalue weighted by atomic mass is 128. The Balaban J connectivity index is 0.000000948. The van der Waals surface area contributed by atoms with Gasteiger partial charge in [-0.1, -0.05) is 0 Å². The van der Waals surface area contributed by atoms with Crippen LogP contribution >= 0.6 is 56.5 Å². The summed E-state index contributed by atoms with van der Waals surface area (Å²) in [5, 5.41) is 10.5. The van der Waals surface area contributed by atoms with E-state index in [0.717, 1.165) is 39.6 Å². The molecule has 1 spiro atoms. The normalized spacial score (nSPS) is 21.6. The molecule has 144 valence electrons. The van der Waals surface area contributed by atoms with Gasteiger partial charge in [-0.25, -0.2) is 4.39 Å². The highest BCUT2D eigenvalue weighted by Crippen LogP contribution is 2.54. The summed E-state index contributed by atoms with van der Waals surface area (Å²) >= 11 is 0.378. The van der Waals surface area contributed by atoms with Crippen molar-refractivity contribution in [3.63, 3.8) is 0 Å². The molecule has 2 fully saturated rings. The third-order valence-corrected chi connectivity index (χ3v) is 43.5. The Morgan fingerprint density at radius 1 is 1.38 bits per heavy atom. The number of carbonyl (C=O) groups is 1. The first kappa shape index (κ1) is 21.3. The molecule has 10 heteroatoms. The van der Waals surface area contributed by atoms with Crippen LogP contribution < -0.4 is 11.1 Å². The molecule has 3 heterocycles. The summed E-state index contributed by atoms with van der Waals surface area (Å²) in [6, 6.07) is 4.42. The van der Waals surface area contributed by atoms with Crippen LogP contribution in [0.25, 0.3) is 0 Å². The number of aliphatic hydroxyl groups excluding tert-OH is 1. The first-order valence-electron chi connectivity index (χ1n) is 8.01. The van der Waals surface area contributed by atoms with E-state index in [1.54, 1.807) is 19.0 Å². The summed E-state index contributed by atoms with van der Waals surface area (Å²) in [6.45, 7) is 2.85. The molecule has 0 radical (unpaired) electrons. The molecule has 5 nitrogen and oxygen atoms in total. The molecule has 0 saturated carbocycles. The molecule has 3 aliphatic heterocycles.